The van der Waals surface area contributed by atoms with Gasteiger partial charge in [0.25, 0.3) is 0 Å². The standard InChI is InChI=1S/C18H25BrO/c1-2-20-17-9-13(10-17)11-18(19)16-8-7-14-5-3-4-6-15(14)12-16/h7-8,12-13,17-18H,2-6,9-11H2,1H3. The van der Waals surface area contributed by atoms with Crippen molar-refractivity contribution in [2.24, 2.45) is 5.92 Å². The highest BCUT2D eigenvalue weighted by Gasteiger charge is 2.31. The van der Waals surface area contributed by atoms with Crippen molar-refractivity contribution in [1.82, 2.24) is 0 Å². The highest BCUT2D eigenvalue weighted by Crippen LogP contribution is 2.40. The van der Waals surface area contributed by atoms with E-state index in [2.05, 4.69) is 41.1 Å². The molecule has 0 radical (unpaired) electrons. The van der Waals surface area contributed by atoms with E-state index in [-0.39, 0.29) is 0 Å². The van der Waals surface area contributed by atoms with Gasteiger partial charge in [0.1, 0.15) is 0 Å². The molecule has 1 aromatic rings. The number of aryl methyl sites for hydroxylation is 2. The van der Waals surface area contributed by atoms with Gasteiger partial charge in [-0.3, -0.25) is 0 Å². The van der Waals surface area contributed by atoms with Gasteiger partial charge in [-0.15, -0.1) is 0 Å². The molecule has 1 aromatic carbocycles. The van der Waals surface area contributed by atoms with E-state index in [9.17, 15) is 0 Å². The van der Waals surface area contributed by atoms with E-state index in [4.69, 9.17) is 4.74 Å². The molecule has 0 amide bonds. The minimum Gasteiger partial charge on any atom is -0.378 e. The van der Waals surface area contributed by atoms with Crippen LogP contribution in [0, 0.1) is 5.92 Å². The molecule has 0 N–H and O–H groups in total. The predicted octanol–water partition coefficient (Wildman–Crippen LogP) is 5.21. The quantitative estimate of drug-likeness (QED) is 0.671. The normalized spacial score (nSPS) is 26.7. The van der Waals surface area contributed by atoms with Crippen LogP contribution in [0.2, 0.25) is 0 Å². The fourth-order valence-corrected chi connectivity index (χ4v) is 4.43. The fraction of sp³-hybridized carbons (Fsp3) is 0.667. The van der Waals surface area contributed by atoms with Gasteiger partial charge in [-0.2, -0.15) is 0 Å². The molecule has 2 aliphatic rings. The average molecular weight is 337 g/mol. The third kappa shape index (κ3) is 3.28. The number of alkyl halides is 1. The van der Waals surface area contributed by atoms with Gasteiger partial charge in [0.15, 0.2) is 0 Å². The van der Waals surface area contributed by atoms with Gasteiger partial charge in [0.05, 0.1) is 6.10 Å². The summed E-state index contributed by atoms with van der Waals surface area (Å²) in [6.45, 7) is 2.95. The second-order valence-corrected chi connectivity index (χ2v) is 7.46. The summed E-state index contributed by atoms with van der Waals surface area (Å²) in [6, 6.07) is 7.15. The molecule has 20 heavy (non-hydrogen) atoms. The third-order valence-corrected chi connectivity index (χ3v) is 5.77. The van der Waals surface area contributed by atoms with Crippen molar-refractivity contribution in [1.29, 1.82) is 0 Å². The molecule has 1 unspecified atom stereocenters. The lowest BCUT2D eigenvalue weighted by molar-refractivity contribution is -0.0264. The van der Waals surface area contributed by atoms with E-state index in [1.165, 1.54) is 50.5 Å². The van der Waals surface area contributed by atoms with Crippen molar-refractivity contribution in [3.8, 4) is 0 Å². The summed E-state index contributed by atoms with van der Waals surface area (Å²) >= 11 is 3.91. The lowest BCUT2D eigenvalue weighted by Gasteiger charge is -2.36. The summed E-state index contributed by atoms with van der Waals surface area (Å²) in [5, 5.41) is 0. The van der Waals surface area contributed by atoms with Crippen LogP contribution in [-0.4, -0.2) is 12.7 Å². The van der Waals surface area contributed by atoms with E-state index >= 15 is 0 Å². The molecule has 0 heterocycles. The minimum absolute atomic E-state index is 0.516. The highest BCUT2D eigenvalue weighted by molar-refractivity contribution is 9.09. The van der Waals surface area contributed by atoms with Crippen LogP contribution in [0.25, 0.3) is 0 Å². The number of ether oxygens (including phenoxy) is 1. The Morgan fingerprint density at radius 1 is 1.20 bits per heavy atom. The van der Waals surface area contributed by atoms with Crippen molar-refractivity contribution >= 4 is 15.9 Å². The monoisotopic (exact) mass is 336 g/mol. The summed E-state index contributed by atoms with van der Waals surface area (Å²) in [6.07, 6.45) is 9.57. The Kier molecular flexibility index (Phi) is 4.83. The van der Waals surface area contributed by atoms with Gasteiger partial charge < -0.3 is 4.74 Å². The van der Waals surface area contributed by atoms with E-state index in [0.29, 0.717) is 10.9 Å². The Balaban J connectivity index is 1.56. The molecular formula is C18H25BrO. The van der Waals surface area contributed by atoms with Crippen LogP contribution in [0.15, 0.2) is 18.2 Å². The zero-order valence-corrected chi connectivity index (χ0v) is 14.0. The maximum atomic E-state index is 5.65. The molecule has 0 aromatic heterocycles. The summed E-state index contributed by atoms with van der Waals surface area (Å²) < 4.78 is 5.65. The Morgan fingerprint density at radius 3 is 2.70 bits per heavy atom. The topological polar surface area (TPSA) is 9.23 Å². The molecule has 1 atom stereocenters. The Labute approximate surface area is 131 Å². The molecule has 1 nitrogen and oxygen atoms in total. The first-order valence-electron chi connectivity index (χ1n) is 8.13. The van der Waals surface area contributed by atoms with Crippen molar-refractivity contribution in [3.05, 3.63) is 34.9 Å². The lowest BCUT2D eigenvalue weighted by Crippen LogP contribution is -2.31. The van der Waals surface area contributed by atoms with Gasteiger partial charge in [-0.1, -0.05) is 34.1 Å². The van der Waals surface area contributed by atoms with Crippen LogP contribution in [0.5, 0.6) is 0 Å². The SMILES string of the molecule is CCOC1CC(CC(Br)c2ccc3c(c2)CCCC3)C1. The van der Waals surface area contributed by atoms with Gasteiger partial charge >= 0.3 is 0 Å². The van der Waals surface area contributed by atoms with Crippen LogP contribution in [0.3, 0.4) is 0 Å². The molecule has 0 bridgehead atoms. The zero-order valence-electron chi connectivity index (χ0n) is 12.4. The van der Waals surface area contributed by atoms with Gasteiger partial charge in [0.2, 0.25) is 0 Å². The zero-order chi connectivity index (χ0) is 13.9. The summed E-state index contributed by atoms with van der Waals surface area (Å²) in [4.78, 5) is 0.516. The summed E-state index contributed by atoms with van der Waals surface area (Å²) in [5.41, 5.74) is 4.66. The van der Waals surface area contributed by atoms with Crippen molar-refractivity contribution < 1.29 is 4.74 Å². The minimum atomic E-state index is 0.516. The number of hydrogen-bond acceptors (Lipinski definition) is 1. The number of benzene rings is 1. The van der Waals surface area contributed by atoms with Crippen molar-refractivity contribution in [2.75, 3.05) is 6.61 Å². The first-order chi connectivity index (χ1) is 9.76. The largest absolute Gasteiger partial charge is 0.378 e. The first-order valence-corrected chi connectivity index (χ1v) is 9.05. The molecule has 1 fully saturated rings. The molecule has 0 saturated heterocycles. The van der Waals surface area contributed by atoms with Crippen LogP contribution in [0.1, 0.15) is 60.5 Å². The number of hydrogen-bond donors (Lipinski definition) is 0. The number of fused-ring (bicyclic) bond motifs is 1. The average Bonchev–Trinajstić information content (AvgIpc) is 2.44. The van der Waals surface area contributed by atoms with E-state index in [1.54, 1.807) is 11.1 Å². The lowest BCUT2D eigenvalue weighted by atomic mass is 9.78. The van der Waals surface area contributed by atoms with Gasteiger partial charge in [0, 0.05) is 11.4 Å². The maximum Gasteiger partial charge on any atom is 0.0580 e. The van der Waals surface area contributed by atoms with Crippen LogP contribution in [0.4, 0.5) is 0 Å². The molecule has 0 spiro atoms. The predicted molar refractivity (Wildman–Crippen MR) is 87.5 cm³/mol. The third-order valence-electron chi connectivity index (χ3n) is 4.87. The van der Waals surface area contributed by atoms with E-state index in [1.807, 2.05) is 0 Å². The van der Waals surface area contributed by atoms with Crippen molar-refractivity contribution in [3.63, 3.8) is 0 Å². The van der Waals surface area contributed by atoms with Crippen LogP contribution >= 0.6 is 15.9 Å². The molecule has 0 aliphatic heterocycles. The summed E-state index contributed by atoms with van der Waals surface area (Å²) in [7, 11) is 0. The van der Waals surface area contributed by atoms with Crippen LogP contribution < -0.4 is 0 Å². The smallest absolute Gasteiger partial charge is 0.0580 e. The second-order valence-electron chi connectivity index (χ2n) is 6.35. The molecular weight excluding hydrogens is 312 g/mol. The van der Waals surface area contributed by atoms with E-state index in [0.717, 1.165) is 12.5 Å². The molecule has 2 heteroatoms. The first kappa shape index (κ1) is 14.6. The molecule has 3 rings (SSSR count). The highest BCUT2D eigenvalue weighted by atomic mass is 79.9. The van der Waals surface area contributed by atoms with Gasteiger partial charge in [-0.05, 0) is 74.5 Å². The molecule has 1 saturated carbocycles. The Morgan fingerprint density at radius 2 is 1.95 bits per heavy atom. The number of rotatable bonds is 5. The summed E-state index contributed by atoms with van der Waals surface area (Å²) in [5.74, 6) is 0.840. The molecule has 2 aliphatic carbocycles. The van der Waals surface area contributed by atoms with Crippen molar-refractivity contribution in [2.45, 2.75) is 62.8 Å². The maximum absolute atomic E-state index is 5.65. The fourth-order valence-electron chi connectivity index (χ4n) is 3.62. The molecule has 110 valence electrons. The van der Waals surface area contributed by atoms with Gasteiger partial charge in [-0.25, -0.2) is 0 Å². The van der Waals surface area contributed by atoms with E-state index < -0.39 is 0 Å². The Hall–Kier alpha value is -0.340. The second kappa shape index (κ2) is 6.62. The van der Waals surface area contributed by atoms with Crippen LogP contribution in [-0.2, 0) is 17.6 Å². The number of halogens is 1. The Bertz CT molecular complexity index is 451.